The molecule has 3 heteroatoms. The maximum Gasteiger partial charge on any atom is 0.224 e. The van der Waals surface area contributed by atoms with Crippen molar-refractivity contribution in [2.24, 2.45) is 0 Å². The van der Waals surface area contributed by atoms with Gasteiger partial charge >= 0.3 is 0 Å². The molecule has 0 atom stereocenters. The predicted octanol–water partition coefficient (Wildman–Crippen LogP) is 0.0694. The monoisotopic (exact) mass is 142 g/mol. The minimum absolute atomic E-state index is 0.198. The molecule has 0 unspecified atom stereocenters. The second-order valence-electron chi connectivity index (χ2n) is 2.33. The van der Waals surface area contributed by atoms with Gasteiger partial charge in [-0.25, -0.2) is 0 Å². The standard InChI is InChI=1S/C7H12NO2/c1-10-6-3-7(9)8-4-2-5-8/h2H,3-6H2,1H3. The minimum atomic E-state index is 0.198. The van der Waals surface area contributed by atoms with Gasteiger partial charge in [0.05, 0.1) is 13.0 Å². The van der Waals surface area contributed by atoms with E-state index < -0.39 is 0 Å². The summed E-state index contributed by atoms with van der Waals surface area (Å²) in [4.78, 5) is 12.8. The van der Waals surface area contributed by atoms with Crippen molar-refractivity contribution in [2.45, 2.75) is 6.42 Å². The van der Waals surface area contributed by atoms with Crippen molar-refractivity contribution in [3.8, 4) is 0 Å². The summed E-state index contributed by atoms with van der Waals surface area (Å²) in [5.74, 6) is 0.198. The summed E-state index contributed by atoms with van der Waals surface area (Å²) < 4.78 is 4.77. The van der Waals surface area contributed by atoms with Crippen molar-refractivity contribution in [3.63, 3.8) is 0 Å². The summed E-state index contributed by atoms with van der Waals surface area (Å²) >= 11 is 0. The molecule has 10 heavy (non-hydrogen) atoms. The highest BCUT2D eigenvalue weighted by molar-refractivity contribution is 5.77. The number of rotatable bonds is 3. The van der Waals surface area contributed by atoms with Crippen LogP contribution in [0.3, 0.4) is 0 Å². The number of hydrogen-bond acceptors (Lipinski definition) is 2. The van der Waals surface area contributed by atoms with E-state index in [4.69, 9.17) is 4.74 Å². The molecule has 0 bridgehead atoms. The number of amides is 1. The molecule has 1 fully saturated rings. The fraction of sp³-hybridized carbons (Fsp3) is 0.714. The molecule has 57 valence electrons. The number of ether oxygens (including phenoxy) is 1. The lowest BCUT2D eigenvalue weighted by Gasteiger charge is -2.30. The molecule has 0 aliphatic carbocycles. The minimum Gasteiger partial charge on any atom is -0.384 e. The first kappa shape index (κ1) is 7.54. The predicted molar refractivity (Wildman–Crippen MR) is 37.4 cm³/mol. The molecule has 1 aliphatic heterocycles. The zero-order valence-electron chi connectivity index (χ0n) is 6.17. The average molecular weight is 142 g/mol. The molecule has 1 amide bonds. The number of carbonyl (C=O) groups is 1. The fourth-order valence-electron chi connectivity index (χ4n) is 0.809. The van der Waals surface area contributed by atoms with Crippen LogP contribution in [0.5, 0.6) is 0 Å². The van der Waals surface area contributed by atoms with Crippen LogP contribution in [0.15, 0.2) is 0 Å². The number of carbonyl (C=O) groups excluding carboxylic acids is 1. The molecule has 0 saturated carbocycles. The van der Waals surface area contributed by atoms with Crippen LogP contribution in [0.2, 0.25) is 0 Å². The highest BCUT2D eigenvalue weighted by Crippen LogP contribution is 2.05. The number of likely N-dealkylation sites (tertiary alicyclic amines) is 1. The second kappa shape index (κ2) is 3.56. The van der Waals surface area contributed by atoms with Gasteiger partial charge in [0.25, 0.3) is 0 Å². The third-order valence-electron chi connectivity index (χ3n) is 1.57. The van der Waals surface area contributed by atoms with Crippen molar-refractivity contribution in [1.82, 2.24) is 4.90 Å². The molecule has 0 N–H and O–H groups in total. The molecule has 1 radical (unpaired) electrons. The van der Waals surface area contributed by atoms with Crippen LogP contribution in [0.1, 0.15) is 6.42 Å². The van der Waals surface area contributed by atoms with E-state index in [1.165, 1.54) is 0 Å². The third kappa shape index (κ3) is 1.70. The Hall–Kier alpha value is -0.570. The maximum atomic E-state index is 11.0. The van der Waals surface area contributed by atoms with Gasteiger partial charge in [-0.2, -0.15) is 0 Å². The molecule has 0 aromatic rings. The summed E-state index contributed by atoms with van der Waals surface area (Å²) in [6.07, 6.45) is 2.59. The molecule has 1 aliphatic rings. The molecule has 1 heterocycles. The lowest BCUT2D eigenvalue weighted by molar-refractivity contribution is -0.133. The highest BCUT2D eigenvalue weighted by Gasteiger charge is 2.19. The molecule has 0 aromatic carbocycles. The first-order chi connectivity index (χ1) is 4.84. The lowest BCUT2D eigenvalue weighted by atomic mass is 10.2. The third-order valence-corrected chi connectivity index (χ3v) is 1.57. The van der Waals surface area contributed by atoms with Gasteiger partial charge in [-0.05, 0) is 0 Å². The van der Waals surface area contributed by atoms with Crippen LogP contribution >= 0.6 is 0 Å². The van der Waals surface area contributed by atoms with Gasteiger partial charge < -0.3 is 9.64 Å². The van der Waals surface area contributed by atoms with Crippen LogP contribution in [0, 0.1) is 6.42 Å². The average Bonchev–Trinajstić information content (AvgIpc) is 1.79. The van der Waals surface area contributed by atoms with Crippen molar-refractivity contribution < 1.29 is 9.53 Å². The Balaban J connectivity index is 2.08. The summed E-state index contributed by atoms with van der Waals surface area (Å²) in [5, 5.41) is 0. The van der Waals surface area contributed by atoms with Crippen molar-refractivity contribution in [2.75, 3.05) is 26.8 Å². The van der Waals surface area contributed by atoms with Crippen molar-refractivity contribution in [1.29, 1.82) is 0 Å². The van der Waals surface area contributed by atoms with E-state index in [1.807, 2.05) is 0 Å². The molecular formula is C7H12NO2. The van der Waals surface area contributed by atoms with Gasteiger partial charge in [-0.3, -0.25) is 4.79 Å². The molecule has 1 rings (SSSR count). The van der Waals surface area contributed by atoms with E-state index in [9.17, 15) is 4.79 Å². The Kier molecular flexibility index (Phi) is 2.68. The Bertz CT molecular complexity index is 121. The van der Waals surface area contributed by atoms with Gasteiger partial charge in [0.15, 0.2) is 0 Å². The van der Waals surface area contributed by atoms with Crippen molar-refractivity contribution >= 4 is 5.91 Å². The second-order valence-corrected chi connectivity index (χ2v) is 2.33. The highest BCUT2D eigenvalue weighted by atomic mass is 16.5. The lowest BCUT2D eigenvalue weighted by Crippen LogP contribution is -2.42. The zero-order chi connectivity index (χ0) is 7.40. The topological polar surface area (TPSA) is 29.5 Å². The smallest absolute Gasteiger partial charge is 0.224 e. The van der Waals surface area contributed by atoms with Crippen LogP contribution in [0.25, 0.3) is 0 Å². The largest absolute Gasteiger partial charge is 0.384 e. The fourth-order valence-corrected chi connectivity index (χ4v) is 0.809. The Morgan fingerprint density at radius 3 is 2.80 bits per heavy atom. The Morgan fingerprint density at radius 1 is 1.70 bits per heavy atom. The van der Waals surface area contributed by atoms with Gasteiger partial charge in [-0.1, -0.05) is 0 Å². The summed E-state index contributed by atoms with van der Waals surface area (Å²) in [7, 11) is 1.61. The van der Waals surface area contributed by atoms with Gasteiger partial charge in [0.2, 0.25) is 5.91 Å². The van der Waals surface area contributed by atoms with Gasteiger partial charge in [-0.15, -0.1) is 0 Å². The number of methoxy groups -OCH3 is 1. The van der Waals surface area contributed by atoms with E-state index >= 15 is 0 Å². The van der Waals surface area contributed by atoms with E-state index in [2.05, 4.69) is 6.42 Å². The zero-order valence-corrected chi connectivity index (χ0v) is 6.17. The van der Waals surface area contributed by atoms with Crippen LogP contribution in [-0.4, -0.2) is 37.6 Å². The van der Waals surface area contributed by atoms with Crippen LogP contribution in [0.4, 0.5) is 0 Å². The molecule has 1 saturated heterocycles. The van der Waals surface area contributed by atoms with E-state index in [-0.39, 0.29) is 5.91 Å². The first-order valence-corrected chi connectivity index (χ1v) is 3.43. The number of hydrogen-bond donors (Lipinski definition) is 0. The Morgan fingerprint density at radius 2 is 2.40 bits per heavy atom. The maximum absolute atomic E-state index is 11.0. The van der Waals surface area contributed by atoms with E-state index in [0.29, 0.717) is 13.0 Å². The van der Waals surface area contributed by atoms with Crippen molar-refractivity contribution in [3.05, 3.63) is 6.42 Å². The number of nitrogens with zero attached hydrogens (tertiary/aromatic N) is 1. The SMILES string of the molecule is COCCC(=O)N1C[CH]C1. The summed E-state index contributed by atoms with van der Waals surface area (Å²) in [5.41, 5.74) is 0. The summed E-state index contributed by atoms with van der Waals surface area (Å²) in [6, 6.07) is 0. The normalized spacial score (nSPS) is 16.7. The molecule has 0 spiro atoms. The van der Waals surface area contributed by atoms with E-state index in [0.717, 1.165) is 13.1 Å². The van der Waals surface area contributed by atoms with E-state index in [1.54, 1.807) is 12.0 Å². The summed E-state index contributed by atoms with van der Waals surface area (Å²) in [6.45, 7) is 2.18. The van der Waals surface area contributed by atoms with Gasteiger partial charge in [0.1, 0.15) is 0 Å². The molecular weight excluding hydrogens is 130 g/mol. The quantitative estimate of drug-likeness (QED) is 0.558. The van der Waals surface area contributed by atoms with Gasteiger partial charge in [0, 0.05) is 26.6 Å². The molecule has 3 nitrogen and oxygen atoms in total. The van der Waals surface area contributed by atoms with Crippen LogP contribution in [-0.2, 0) is 9.53 Å². The first-order valence-electron chi connectivity index (χ1n) is 3.43. The molecule has 0 aromatic heterocycles. The Labute approximate surface area is 61.0 Å². The van der Waals surface area contributed by atoms with Crippen LogP contribution < -0.4 is 0 Å².